The van der Waals surface area contributed by atoms with Crippen LogP contribution >= 0.6 is 27.3 Å². The molecule has 4 aliphatic rings. The van der Waals surface area contributed by atoms with Crippen molar-refractivity contribution in [3.05, 3.63) is 130 Å². The highest BCUT2D eigenvalue weighted by Gasteiger charge is 2.40. The van der Waals surface area contributed by atoms with E-state index in [9.17, 15) is 14.4 Å². The number of nitrogens with zero attached hydrogens (tertiary/aromatic N) is 5. The molecule has 1 unspecified atom stereocenters. The summed E-state index contributed by atoms with van der Waals surface area (Å²) in [6, 6.07) is 29.2. The number of rotatable bonds is 11. The number of pyridine rings is 1. The van der Waals surface area contributed by atoms with E-state index in [1.165, 1.54) is 28.4 Å². The third-order valence-corrected chi connectivity index (χ3v) is 14.4. The number of hydrogen-bond acceptors (Lipinski definition) is 10. The normalized spacial score (nSPS) is 18.5. The topological polar surface area (TPSA) is 108 Å². The second-order valence-corrected chi connectivity index (χ2v) is 18.8. The van der Waals surface area contributed by atoms with E-state index in [0.29, 0.717) is 54.8 Å². The van der Waals surface area contributed by atoms with Crippen LogP contribution in [0.25, 0.3) is 20.5 Å². The molecule has 0 aliphatic carbocycles. The molecule has 0 spiro atoms. The number of thiophene rings is 1. The summed E-state index contributed by atoms with van der Waals surface area (Å²) in [6.07, 6.45) is 2.15. The van der Waals surface area contributed by atoms with E-state index >= 15 is 8.78 Å². The molecule has 11 nitrogen and oxygen atoms in total. The summed E-state index contributed by atoms with van der Waals surface area (Å²) in [7, 11) is 0. The number of nitrogens with one attached hydrogen (secondary N) is 1. The van der Waals surface area contributed by atoms with Crippen molar-refractivity contribution in [1.29, 1.82) is 0 Å². The number of piperidine rings is 2. The number of hydrogen-bond donors (Lipinski definition) is 1. The summed E-state index contributed by atoms with van der Waals surface area (Å²) in [5, 5.41) is 3.16. The van der Waals surface area contributed by atoms with Gasteiger partial charge in [-0.25, -0.2) is 13.8 Å². The Morgan fingerprint density at radius 1 is 0.797 bits per heavy atom. The molecule has 1 atom stereocenters. The maximum Gasteiger partial charge on any atom is 0.256 e. The number of fused-ring (bicyclic) bond motifs is 2. The van der Waals surface area contributed by atoms with Gasteiger partial charge in [-0.2, -0.15) is 0 Å². The van der Waals surface area contributed by atoms with Crippen molar-refractivity contribution in [2.24, 2.45) is 5.92 Å². The second-order valence-electron chi connectivity index (χ2n) is 16.8. The molecule has 0 saturated carbocycles. The molecular formula is C49H45BrF2N6O5S. The van der Waals surface area contributed by atoms with E-state index in [4.69, 9.17) is 14.5 Å². The molecule has 0 radical (unpaired) electrons. The Labute approximate surface area is 381 Å². The Balaban J connectivity index is 0.755. The van der Waals surface area contributed by atoms with Crippen LogP contribution in [0.15, 0.2) is 102 Å². The first-order valence-corrected chi connectivity index (χ1v) is 23.3. The fourth-order valence-corrected chi connectivity index (χ4v) is 10.7. The van der Waals surface area contributed by atoms with E-state index in [1.807, 2.05) is 83.8 Å². The molecule has 15 heteroatoms. The molecule has 3 saturated heterocycles. The number of imide groups is 1. The molecule has 4 aromatic carbocycles. The molecule has 3 amide bonds. The van der Waals surface area contributed by atoms with E-state index in [1.54, 1.807) is 6.07 Å². The smallest absolute Gasteiger partial charge is 0.256 e. The Hall–Kier alpha value is -5.90. The van der Waals surface area contributed by atoms with Gasteiger partial charge in [0.2, 0.25) is 11.8 Å². The quantitative estimate of drug-likeness (QED) is 0.127. The Bertz CT molecular complexity index is 2720. The van der Waals surface area contributed by atoms with E-state index < -0.39 is 23.6 Å². The second kappa shape index (κ2) is 17.9. The zero-order valence-electron chi connectivity index (χ0n) is 34.9. The van der Waals surface area contributed by atoms with Crippen LogP contribution in [-0.2, 0) is 22.7 Å². The van der Waals surface area contributed by atoms with Crippen molar-refractivity contribution in [3.8, 4) is 27.7 Å². The molecule has 328 valence electrons. The Morgan fingerprint density at radius 2 is 1.55 bits per heavy atom. The van der Waals surface area contributed by atoms with Crippen LogP contribution in [0.5, 0.6) is 17.2 Å². The molecule has 1 N–H and O–H groups in total. The fraction of sp³-hybridized carbons (Fsp3) is 0.306. The Morgan fingerprint density at radius 3 is 2.28 bits per heavy atom. The average Bonchev–Trinajstić information content (AvgIpc) is 3.82. The van der Waals surface area contributed by atoms with Crippen molar-refractivity contribution in [3.63, 3.8) is 0 Å². The van der Waals surface area contributed by atoms with Gasteiger partial charge in [-0.1, -0.05) is 58.4 Å². The van der Waals surface area contributed by atoms with Gasteiger partial charge in [-0.3, -0.25) is 24.6 Å². The highest BCUT2D eigenvalue weighted by atomic mass is 79.9. The van der Waals surface area contributed by atoms with Gasteiger partial charge in [0.05, 0.1) is 22.7 Å². The number of benzene rings is 4. The molecule has 0 bridgehead atoms. The monoisotopic (exact) mass is 946 g/mol. The van der Waals surface area contributed by atoms with Gasteiger partial charge in [0.1, 0.15) is 35.7 Å². The number of carbonyl (C=O) groups is 3. The number of carbonyl (C=O) groups excluding carboxylic acids is 3. The van der Waals surface area contributed by atoms with Crippen LogP contribution in [-0.4, -0.2) is 84.4 Å². The van der Waals surface area contributed by atoms with Gasteiger partial charge in [-0.15, -0.1) is 11.3 Å². The molecule has 10 rings (SSSR count). The molecule has 6 heterocycles. The van der Waals surface area contributed by atoms with Crippen molar-refractivity contribution in [2.45, 2.75) is 44.9 Å². The average molecular weight is 948 g/mol. The van der Waals surface area contributed by atoms with E-state index in [-0.39, 0.29) is 36.2 Å². The first-order valence-electron chi connectivity index (χ1n) is 21.7. The first kappa shape index (κ1) is 42.1. The summed E-state index contributed by atoms with van der Waals surface area (Å²) in [5.74, 6) is 0.249. The lowest BCUT2D eigenvalue weighted by molar-refractivity contribution is -0.136. The minimum Gasteiger partial charge on any atom is -0.489 e. The lowest BCUT2D eigenvalue weighted by atomic mass is 9.95. The number of aromatic nitrogens is 1. The lowest BCUT2D eigenvalue weighted by Gasteiger charge is -2.39. The number of anilines is 2. The number of amides is 3. The van der Waals surface area contributed by atoms with Crippen molar-refractivity contribution < 1.29 is 32.6 Å². The zero-order valence-corrected chi connectivity index (χ0v) is 37.3. The molecular weight excluding hydrogens is 903 g/mol. The number of halogens is 3. The summed E-state index contributed by atoms with van der Waals surface area (Å²) in [6.45, 7) is 5.91. The van der Waals surface area contributed by atoms with Gasteiger partial charge in [0, 0.05) is 78.9 Å². The first-order chi connectivity index (χ1) is 31.1. The van der Waals surface area contributed by atoms with Gasteiger partial charge < -0.3 is 24.2 Å². The van der Waals surface area contributed by atoms with Gasteiger partial charge in [0.15, 0.2) is 17.4 Å². The Kier molecular flexibility index (Phi) is 11.8. The van der Waals surface area contributed by atoms with Crippen LogP contribution < -0.4 is 24.6 Å². The molecule has 64 heavy (non-hydrogen) atoms. The third-order valence-electron chi connectivity index (χ3n) is 12.7. The van der Waals surface area contributed by atoms with Crippen LogP contribution in [0.3, 0.4) is 0 Å². The summed E-state index contributed by atoms with van der Waals surface area (Å²) in [4.78, 5) is 50.9. The predicted octanol–water partition coefficient (Wildman–Crippen LogP) is 9.17. The van der Waals surface area contributed by atoms with Gasteiger partial charge >= 0.3 is 0 Å². The van der Waals surface area contributed by atoms with E-state index in [0.717, 1.165) is 81.9 Å². The maximum atomic E-state index is 16.0. The molecule has 4 aliphatic heterocycles. The largest absolute Gasteiger partial charge is 0.489 e. The number of piperazine rings is 1. The van der Waals surface area contributed by atoms with E-state index in [2.05, 4.69) is 31.0 Å². The van der Waals surface area contributed by atoms with Crippen molar-refractivity contribution >= 4 is 66.6 Å². The summed E-state index contributed by atoms with van der Waals surface area (Å²) >= 11 is 5.06. The predicted molar refractivity (Wildman–Crippen MR) is 246 cm³/mol. The standard InChI is InChI=1S/C49H45BrF2N6O5S/c50-33-8-6-32(7-9-33)47-46(37-11-10-34(26-42(37)64-47)62-29-31-4-2-1-3-5-31)63-35-24-38(51)45(39(52)25-35)57-18-16-30(17-19-57)27-55-20-22-56(23-21-55)43-14-12-36-40(53-43)28-58(49(36)61)41-13-15-44(59)54-48(41)60/h1-12,14,24-26,30,41H,13,15-23,27-29H2,(H,54,59,60). The minimum absolute atomic E-state index is 0.0216. The molecule has 3 fully saturated rings. The van der Waals surface area contributed by atoms with Crippen LogP contribution in [0.4, 0.5) is 20.3 Å². The third kappa shape index (κ3) is 8.68. The maximum absolute atomic E-state index is 16.0. The van der Waals surface area contributed by atoms with Crippen LogP contribution in [0, 0.1) is 17.6 Å². The molecule has 6 aromatic rings. The van der Waals surface area contributed by atoms with Crippen LogP contribution in [0.2, 0.25) is 0 Å². The fourth-order valence-electron chi connectivity index (χ4n) is 9.26. The SMILES string of the molecule is O=C1CCC(N2Cc3nc(N4CCN(CC5CCN(c6c(F)cc(Oc7c(-c8ccc(Br)cc8)sc8cc(OCc9ccccc9)ccc78)cc6F)CC5)CC4)ccc3C2=O)C(=O)N1. The van der Waals surface area contributed by atoms with Crippen molar-refractivity contribution in [1.82, 2.24) is 20.1 Å². The van der Waals surface area contributed by atoms with Gasteiger partial charge in [-0.05, 0) is 78.8 Å². The van der Waals surface area contributed by atoms with Crippen LogP contribution in [0.1, 0.15) is 47.3 Å². The number of ether oxygens (including phenoxy) is 2. The van der Waals surface area contributed by atoms with Gasteiger partial charge in [0.25, 0.3) is 5.91 Å². The highest BCUT2D eigenvalue weighted by molar-refractivity contribution is 9.10. The minimum atomic E-state index is -0.672. The highest BCUT2D eigenvalue weighted by Crippen LogP contribution is 2.48. The van der Waals surface area contributed by atoms with Crippen molar-refractivity contribution in [2.75, 3.05) is 55.6 Å². The molecule has 2 aromatic heterocycles. The lowest BCUT2D eigenvalue weighted by Crippen LogP contribution is -2.52. The zero-order chi connectivity index (χ0) is 43.9. The summed E-state index contributed by atoms with van der Waals surface area (Å²) in [5.41, 5.74) is 3.11. The summed E-state index contributed by atoms with van der Waals surface area (Å²) < 4.78 is 46.4.